The van der Waals surface area contributed by atoms with Crippen LogP contribution in [-0.4, -0.2) is 76.1 Å². The number of aromatic nitrogens is 2. The number of alkyl halides is 3. The van der Waals surface area contributed by atoms with Crippen LogP contribution in [-0.2, 0) is 14.4 Å². The van der Waals surface area contributed by atoms with Gasteiger partial charge in [0.1, 0.15) is 23.5 Å². The summed E-state index contributed by atoms with van der Waals surface area (Å²) in [6, 6.07) is 1.04. The molecule has 0 bridgehead atoms. The van der Waals surface area contributed by atoms with Gasteiger partial charge in [-0.05, 0) is 43.7 Å². The van der Waals surface area contributed by atoms with E-state index < -0.39 is 59.6 Å². The molecule has 10 nitrogen and oxygen atoms in total. The Hall–Kier alpha value is -3.61. The molecule has 2 heterocycles. The summed E-state index contributed by atoms with van der Waals surface area (Å²) in [6.45, 7) is 8.08. The molecule has 1 fully saturated rings. The second-order valence-electron chi connectivity index (χ2n) is 10.8. The lowest BCUT2D eigenvalue weighted by Crippen LogP contribution is -2.58. The Morgan fingerprint density at radius 3 is 2.29 bits per heavy atom. The molecule has 3 atom stereocenters. The molecule has 0 aliphatic carbocycles. The van der Waals surface area contributed by atoms with Crippen molar-refractivity contribution in [3.8, 4) is 11.4 Å². The zero-order chi connectivity index (χ0) is 31.5. The molecule has 1 aliphatic heterocycles. The molecule has 1 aliphatic rings. The van der Waals surface area contributed by atoms with Crippen molar-refractivity contribution in [3.05, 3.63) is 40.7 Å². The highest BCUT2D eigenvalue weighted by atomic mass is 35.5. The first kappa shape index (κ1) is 32.9. The number of Topliss-reactive ketones (excluding diaryl/α,β-unsaturated/α-hetero) is 1. The largest absolute Gasteiger partial charge is 0.494 e. The van der Waals surface area contributed by atoms with Gasteiger partial charge in [-0.15, -0.1) is 0 Å². The molecule has 0 radical (unpaired) electrons. The quantitative estimate of drug-likeness (QED) is 0.420. The maximum absolute atomic E-state index is 13.6. The first-order valence-corrected chi connectivity index (χ1v) is 13.9. The van der Waals surface area contributed by atoms with Crippen molar-refractivity contribution >= 4 is 35.1 Å². The number of rotatable bonds is 10. The Balaban J connectivity index is 1.80. The van der Waals surface area contributed by atoms with Gasteiger partial charge in [0.2, 0.25) is 11.8 Å². The fourth-order valence-corrected chi connectivity index (χ4v) is 5.04. The van der Waals surface area contributed by atoms with E-state index in [-0.39, 0.29) is 18.5 Å². The second-order valence-corrected chi connectivity index (χ2v) is 11.3. The number of hydrogen-bond acceptors (Lipinski definition) is 6. The van der Waals surface area contributed by atoms with Crippen LogP contribution in [0.25, 0.3) is 5.69 Å². The number of methoxy groups -OCH3 is 1. The molecule has 42 heavy (non-hydrogen) atoms. The number of benzene rings is 1. The van der Waals surface area contributed by atoms with E-state index >= 15 is 0 Å². The van der Waals surface area contributed by atoms with Gasteiger partial charge in [-0.25, -0.2) is 4.68 Å². The molecule has 0 spiro atoms. The summed E-state index contributed by atoms with van der Waals surface area (Å²) in [5.41, 5.74) is 1.21. The third kappa shape index (κ3) is 7.05. The monoisotopic (exact) mass is 613 g/mol. The maximum Gasteiger partial charge on any atom is 0.452 e. The number of amides is 3. The van der Waals surface area contributed by atoms with Crippen molar-refractivity contribution in [2.45, 2.75) is 71.8 Å². The van der Waals surface area contributed by atoms with E-state index in [2.05, 4.69) is 15.7 Å². The van der Waals surface area contributed by atoms with Crippen molar-refractivity contribution in [1.29, 1.82) is 0 Å². The Kier molecular flexibility index (Phi) is 10.3. The number of nitrogens with zero attached hydrogens (tertiary/aromatic N) is 3. The lowest BCUT2D eigenvalue weighted by atomic mass is 9.98. The van der Waals surface area contributed by atoms with Gasteiger partial charge >= 0.3 is 6.18 Å². The minimum Gasteiger partial charge on any atom is -0.494 e. The Morgan fingerprint density at radius 2 is 1.71 bits per heavy atom. The molecule has 0 unspecified atom stereocenters. The van der Waals surface area contributed by atoms with Crippen LogP contribution < -0.4 is 15.4 Å². The van der Waals surface area contributed by atoms with Crippen LogP contribution in [0.1, 0.15) is 56.6 Å². The van der Waals surface area contributed by atoms with E-state index in [1.54, 1.807) is 39.0 Å². The fourth-order valence-electron chi connectivity index (χ4n) is 4.88. The lowest BCUT2D eigenvalue weighted by Gasteiger charge is -2.31. The Morgan fingerprint density at radius 1 is 1.07 bits per heavy atom. The molecule has 2 aromatic rings. The predicted octanol–water partition coefficient (Wildman–Crippen LogP) is 3.86. The van der Waals surface area contributed by atoms with Crippen LogP contribution in [0, 0.1) is 18.8 Å². The van der Waals surface area contributed by atoms with E-state index in [9.17, 15) is 32.3 Å². The summed E-state index contributed by atoms with van der Waals surface area (Å²) in [5, 5.41) is 9.70. The summed E-state index contributed by atoms with van der Waals surface area (Å²) < 4.78 is 46.2. The zero-order valence-electron chi connectivity index (χ0n) is 24.2. The minimum absolute atomic E-state index is 0.170. The maximum atomic E-state index is 13.6. The van der Waals surface area contributed by atoms with Crippen molar-refractivity contribution in [3.63, 3.8) is 0 Å². The second kappa shape index (κ2) is 13.1. The minimum atomic E-state index is -5.12. The average molecular weight is 614 g/mol. The number of carbonyl (C=O) groups is 4. The zero-order valence-corrected chi connectivity index (χ0v) is 25.0. The van der Waals surface area contributed by atoms with Crippen LogP contribution >= 0.6 is 11.6 Å². The number of ether oxygens (including phenoxy) is 1. The number of carbonyl (C=O) groups excluding carboxylic acids is 4. The van der Waals surface area contributed by atoms with E-state index in [0.29, 0.717) is 28.6 Å². The van der Waals surface area contributed by atoms with Gasteiger partial charge in [0.25, 0.3) is 11.7 Å². The lowest BCUT2D eigenvalue weighted by molar-refractivity contribution is -0.175. The average Bonchev–Trinajstić information content (AvgIpc) is 3.55. The molecule has 3 amide bonds. The van der Waals surface area contributed by atoms with Crippen LogP contribution in [0.2, 0.25) is 5.02 Å². The van der Waals surface area contributed by atoms with Gasteiger partial charge in [-0.2, -0.15) is 18.3 Å². The number of ketones is 1. The Labute approximate surface area is 246 Å². The predicted molar refractivity (Wildman–Crippen MR) is 149 cm³/mol. The molecule has 14 heteroatoms. The molecule has 1 aromatic carbocycles. The SMILES string of the molecule is COc1cc(Cl)ccc1-n1ncc(C(=O)N[C@H](C(=O)N2CCC[C@H]2C(=O)N[C@H](C(=O)C(F)(F)F)C(C)C)C(C)C)c1C. The Bertz CT molecular complexity index is 1340. The molecule has 3 rings (SSSR count). The summed E-state index contributed by atoms with van der Waals surface area (Å²) >= 11 is 6.05. The molecule has 2 N–H and O–H groups in total. The van der Waals surface area contributed by atoms with Crippen LogP contribution in [0.15, 0.2) is 24.4 Å². The van der Waals surface area contributed by atoms with Gasteiger partial charge in [0.05, 0.1) is 30.6 Å². The smallest absolute Gasteiger partial charge is 0.452 e. The number of likely N-dealkylation sites (tertiary alicyclic amines) is 1. The third-order valence-corrected chi connectivity index (χ3v) is 7.44. The molecule has 0 saturated carbocycles. The number of nitrogens with one attached hydrogen (secondary N) is 2. The van der Waals surface area contributed by atoms with Crippen LogP contribution in [0.3, 0.4) is 0 Å². The van der Waals surface area contributed by atoms with Crippen molar-refractivity contribution in [2.24, 2.45) is 11.8 Å². The third-order valence-electron chi connectivity index (χ3n) is 7.21. The normalized spacial score (nSPS) is 16.9. The highest BCUT2D eigenvalue weighted by Gasteiger charge is 2.46. The summed E-state index contributed by atoms with van der Waals surface area (Å²) in [6.07, 6.45) is -3.13. The standard InChI is InChI=1S/C28H35ClF3N5O5/c1-14(2)22(24(38)28(30,31)32)34-26(40)20-8-7-11-36(20)27(41)23(15(3)4)35-25(39)18-13-33-37(16(18)5)19-10-9-17(29)12-21(19)42-6/h9-10,12-15,20,22-23H,7-8,11H2,1-6H3,(H,34,40)(H,35,39)/t20-,22-,23-/m0/s1. The van der Waals surface area contributed by atoms with Gasteiger partial charge in [0.15, 0.2) is 0 Å². The molecule has 1 aromatic heterocycles. The van der Waals surface area contributed by atoms with Gasteiger partial charge in [-0.1, -0.05) is 39.3 Å². The van der Waals surface area contributed by atoms with E-state index in [1.807, 2.05) is 0 Å². The highest BCUT2D eigenvalue weighted by molar-refractivity contribution is 6.30. The van der Waals surface area contributed by atoms with Crippen molar-refractivity contribution in [2.75, 3.05) is 13.7 Å². The van der Waals surface area contributed by atoms with Gasteiger partial charge in [-0.3, -0.25) is 19.2 Å². The van der Waals surface area contributed by atoms with Crippen molar-refractivity contribution < 1.29 is 37.1 Å². The summed E-state index contributed by atoms with van der Waals surface area (Å²) in [5.74, 6) is -4.81. The highest BCUT2D eigenvalue weighted by Crippen LogP contribution is 2.28. The van der Waals surface area contributed by atoms with Gasteiger partial charge in [0, 0.05) is 17.6 Å². The number of hydrogen-bond donors (Lipinski definition) is 2. The first-order chi connectivity index (χ1) is 19.6. The van der Waals surface area contributed by atoms with E-state index in [1.165, 1.54) is 36.7 Å². The van der Waals surface area contributed by atoms with Crippen LogP contribution in [0.5, 0.6) is 5.75 Å². The van der Waals surface area contributed by atoms with Crippen molar-refractivity contribution in [1.82, 2.24) is 25.3 Å². The summed E-state index contributed by atoms with van der Waals surface area (Å²) in [4.78, 5) is 53.2. The van der Waals surface area contributed by atoms with Gasteiger partial charge < -0.3 is 20.3 Å². The summed E-state index contributed by atoms with van der Waals surface area (Å²) in [7, 11) is 1.48. The molecule has 1 saturated heterocycles. The molecule has 230 valence electrons. The molecular formula is C28H35ClF3N5O5. The number of halogens is 4. The first-order valence-electron chi connectivity index (χ1n) is 13.5. The fraction of sp³-hybridized carbons (Fsp3) is 0.536. The van der Waals surface area contributed by atoms with E-state index in [4.69, 9.17) is 16.3 Å². The molecular weight excluding hydrogens is 579 g/mol. The van der Waals surface area contributed by atoms with Crippen LogP contribution in [0.4, 0.5) is 13.2 Å². The topological polar surface area (TPSA) is 123 Å². The van der Waals surface area contributed by atoms with E-state index in [0.717, 1.165) is 0 Å².